The summed E-state index contributed by atoms with van der Waals surface area (Å²) in [7, 11) is 0. The van der Waals surface area contributed by atoms with Gasteiger partial charge in [0.05, 0.1) is 30.1 Å². The van der Waals surface area contributed by atoms with Crippen molar-refractivity contribution in [2.75, 3.05) is 23.7 Å². The molecule has 0 saturated carbocycles. The van der Waals surface area contributed by atoms with Crippen LogP contribution in [-0.4, -0.2) is 49.7 Å². The third-order valence-electron chi connectivity index (χ3n) is 7.69. The number of nitrogens with zero attached hydrogens (tertiary/aromatic N) is 5. The third-order valence-corrected chi connectivity index (χ3v) is 7.69. The van der Waals surface area contributed by atoms with Gasteiger partial charge >= 0.3 is 6.09 Å². The lowest BCUT2D eigenvalue weighted by Crippen LogP contribution is -2.35. The molecular weight excluding hydrogens is 504 g/mol. The van der Waals surface area contributed by atoms with Gasteiger partial charge in [0.15, 0.2) is 5.82 Å². The highest BCUT2D eigenvalue weighted by molar-refractivity contribution is 5.91. The molecule has 6 rings (SSSR count). The number of rotatable bonds is 8. The molecule has 1 unspecified atom stereocenters. The Bertz CT molecular complexity index is 1620. The molecule has 1 aliphatic rings. The SMILES string of the molecule is CCc1c(NC(=O)OC(C)C2CCNCC2)cn2ncnc(Nc3ccc4c(cnn4Cc4ccccc4)c3)c12. The highest BCUT2D eigenvalue weighted by Crippen LogP contribution is 2.31. The van der Waals surface area contributed by atoms with E-state index in [2.05, 4.69) is 55.4 Å². The lowest BCUT2D eigenvalue weighted by molar-refractivity contribution is 0.0717. The minimum atomic E-state index is -0.447. The van der Waals surface area contributed by atoms with Crippen LogP contribution in [0.3, 0.4) is 0 Å². The Morgan fingerprint density at radius 3 is 2.77 bits per heavy atom. The number of hydrogen-bond donors (Lipinski definition) is 3. The zero-order valence-electron chi connectivity index (χ0n) is 22.8. The predicted octanol–water partition coefficient (Wildman–Crippen LogP) is 5.37. The summed E-state index contributed by atoms with van der Waals surface area (Å²) in [5.74, 6) is 1.03. The maximum atomic E-state index is 12.8. The number of carbonyl (C=O) groups is 1. The van der Waals surface area contributed by atoms with E-state index in [1.165, 1.54) is 11.9 Å². The summed E-state index contributed by atoms with van der Waals surface area (Å²) in [6.45, 7) is 6.66. The van der Waals surface area contributed by atoms with Crippen LogP contribution in [0.25, 0.3) is 16.4 Å². The van der Waals surface area contributed by atoms with Gasteiger partial charge < -0.3 is 15.4 Å². The number of nitrogens with one attached hydrogen (secondary N) is 3. The van der Waals surface area contributed by atoms with Crippen LogP contribution in [0, 0.1) is 5.92 Å². The molecular formula is C30H34N8O2. The smallest absolute Gasteiger partial charge is 0.411 e. The van der Waals surface area contributed by atoms with Crippen molar-refractivity contribution in [3.8, 4) is 0 Å². The molecule has 10 nitrogen and oxygen atoms in total. The van der Waals surface area contributed by atoms with Crippen molar-refractivity contribution in [1.82, 2.24) is 29.7 Å². The highest BCUT2D eigenvalue weighted by atomic mass is 16.6. The summed E-state index contributed by atoms with van der Waals surface area (Å²) < 4.78 is 9.50. The number of hydrogen-bond acceptors (Lipinski definition) is 7. The molecule has 0 bridgehead atoms. The number of carbonyl (C=O) groups excluding carboxylic acids is 1. The molecule has 1 amide bonds. The average molecular weight is 539 g/mol. The molecule has 1 aliphatic heterocycles. The molecule has 0 spiro atoms. The molecule has 1 fully saturated rings. The number of amides is 1. The third kappa shape index (κ3) is 5.35. The van der Waals surface area contributed by atoms with E-state index in [9.17, 15) is 4.79 Å². The number of aryl methyl sites for hydroxylation is 1. The lowest BCUT2D eigenvalue weighted by atomic mass is 9.93. The Balaban J connectivity index is 1.21. The maximum absolute atomic E-state index is 12.8. The molecule has 40 heavy (non-hydrogen) atoms. The standard InChI is InChI=1S/C30H34N8O2/c1-3-25-26(36-30(39)40-20(2)22-11-13-31-14-12-22)18-38-28(25)29(32-19-34-38)35-24-9-10-27-23(15-24)16-33-37(27)17-21-7-5-4-6-8-21/h4-10,15-16,18-20,22,31H,3,11-14,17H2,1-2H3,(H,36,39)(H,32,34,35). The molecule has 3 N–H and O–H groups in total. The average Bonchev–Trinajstić information content (AvgIpc) is 3.54. The van der Waals surface area contributed by atoms with Crippen LogP contribution in [0.15, 0.2) is 67.3 Å². The largest absolute Gasteiger partial charge is 0.446 e. The second kappa shape index (κ2) is 11.4. The normalized spacial score (nSPS) is 14.8. The summed E-state index contributed by atoms with van der Waals surface area (Å²) in [6, 6.07) is 16.5. The van der Waals surface area contributed by atoms with Gasteiger partial charge in [-0.1, -0.05) is 37.3 Å². The van der Waals surface area contributed by atoms with Gasteiger partial charge in [0, 0.05) is 16.6 Å². The number of aromatic nitrogens is 5. The summed E-state index contributed by atoms with van der Waals surface area (Å²) in [6.07, 6.45) is 7.31. The Hall–Kier alpha value is -4.44. The van der Waals surface area contributed by atoms with Gasteiger partial charge in [-0.05, 0) is 69.0 Å². The minimum absolute atomic E-state index is 0.145. The fourth-order valence-electron chi connectivity index (χ4n) is 5.53. The van der Waals surface area contributed by atoms with Crippen molar-refractivity contribution in [3.63, 3.8) is 0 Å². The number of benzene rings is 2. The summed E-state index contributed by atoms with van der Waals surface area (Å²) >= 11 is 0. The van der Waals surface area contributed by atoms with Crippen LogP contribution in [0.4, 0.5) is 22.0 Å². The van der Waals surface area contributed by atoms with Crippen molar-refractivity contribution in [1.29, 1.82) is 0 Å². The number of anilines is 3. The van der Waals surface area contributed by atoms with Crippen molar-refractivity contribution in [3.05, 3.63) is 78.4 Å². The fourth-order valence-corrected chi connectivity index (χ4v) is 5.53. The molecule has 1 atom stereocenters. The van der Waals surface area contributed by atoms with E-state index in [0.717, 1.165) is 53.6 Å². The topological polar surface area (TPSA) is 110 Å². The van der Waals surface area contributed by atoms with Gasteiger partial charge in [-0.3, -0.25) is 10.00 Å². The first-order chi connectivity index (χ1) is 19.6. The van der Waals surface area contributed by atoms with E-state index in [0.29, 0.717) is 30.4 Å². The monoisotopic (exact) mass is 538 g/mol. The number of fused-ring (bicyclic) bond motifs is 2. The molecule has 1 saturated heterocycles. The number of piperidine rings is 1. The fraction of sp³-hybridized carbons (Fsp3) is 0.333. The molecule has 0 aliphatic carbocycles. The Labute approximate surface area is 232 Å². The van der Waals surface area contributed by atoms with Crippen LogP contribution >= 0.6 is 0 Å². The van der Waals surface area contributed by atoms with E-state index in [4.69, 9.17) is 4.74 Å². The minimum Gasteiger partial charge on any atom is -0.446 e. The first-order valence-corrected chi connectivity index (χ1v) is 13.9. The number of ether oxygens (including phenoxy) is 1. The first-order valence-electron chi connectivity index (χ1n) is 13.9. The van der Waals surface area contributed by atoms with Crippen LogP contribution in [0.2, 0.25) is 0 Å². The summed E-state index contributed by atoms with van der Waals surface area (Å²) in [5.41, 5.74) is 5.57. The predicted molar refractivity (Wildman–Crippen MR) is 156 cm³/mol. The second-order valence-corrected chi connectivity index (χ2v) is 10.3. The van der Waals surface area contributed by atoms with Gasteiger partial charge in [-0.2, -0.15) is 10.2 Å². The molecule has 206 valence electrons. The Kier molecular flexibility index (Phi) is 7.33. The van der Waals surface area contributed by atoms with Gasteiger partial charge in [-0.25, -0.2) is 14.3 Å². The van der Waals surface area contributed by atoms with Gasteiger partial charge in [-0.15, -0.1) is 0 Å². The first kappa shape index (κ1) is 25.8. The Morgan fingerprint density at radius 2 is 1.98 bits per heavy atom. The van der Waals surface area contributed by atoms with Crippen LogP contribution in [-0.2, 0) is 17.7 Å². The highest BCUT2D eigenvalue weighted by Gasteiger charge is 2.24. The van der Waals surface area contributed by atoms with Crippen molar-refractivity contribution < 1.29 is 9.53 Å². The molecule has 0 radical (unpaired) electrons. The molecule has 3 aromatic heterocycles. The maximum Gasteiger partial charge on any atom is 0.411 e. The van der Waals surface area contributed by atoms with Gasteiger partial charge in [0.25, 0.3) is 0 Å². The molecule has 4 heterocycles. The van der Waals surface area contributed by atoms with E-state index >= 15 is 0 Å². The van der Waals surface area contributed by atoms with Crippen molar-refractivity contribution in [2.45, 2.75) is 45.8 Å². The zero-order chi connectivity index (χ0) is 27.5. The van der Waals surface area contributed by atoms with E-state index in [1.54, 1.807) is 4.52 Å². The summed E-state index contributed by atoms with van der Waals surface area (Å²) in [5, 5.41) is 19.8. The molecule has 10 heteroatoms. The molecule has 5 aromatic rings. The zero-order valence-corrected chi connectivity index (χ0v) is 22.8. The lowest BCUT2D eigenvalue weighted by Gasteiger charge is -2.27. The molecule has 2 aromatic carbocycles. The second-order valence-electron chi connectivity index (χ2n) is 10.3. The van der Waals surface area contributed by atoms with Crippen molar-refractivity contribution >= 4 is 39.7 Å². The summed E-state index contributed by atoms with van der Waals surface area (Å²) in [4.78, 5) is 17.4. The van der Waals surface area contributed by atoms with Crippen LogP contribution in [0.1, 0.15) is 37.8 Å². The Morgan fingerprint density at radius 1 is 1.15 bits per heavy atom. The van der Waals surface area contributed by atoms with E-state index < -0.39 is 6.09 Å². The van der Waals surface area contributed by atoms with Crippen molar-refractivity contribution in [2.24, 2.45) is 5.92 Å². The van der Waals surface area contributed by atoms with E-state index in [1.807, 2.05) is 55.2 Å². The van der Waals surface area contributed by atoms with Gasteiger partial charge in [0.2, 0.25) is 0 Å². The van der Waals surface area contributed by atoms with Gasteiger partial charge in [0.1, 0.15) is 17.9 Å². The quantitative estimate of drug-likeness (QED) is 0.244. The van der Waals surface area contributed by atoms with Crippen LogP contribution in [0.5, 0.6) is 0 Å². The van der Waals surface area contributed by atoms with Crippen LogP contribution < -0.4 is 16.0 Å². The van der Waals surface area contributed by atoms with E-state index in [-0.39, 0.29) is 6.10 Å².